The van der Waals surface area contributed by atoms with Crippen LogP contribution in [0.4, 0.5) is 0 Å². The molecule has 548 valence electrons. The van der Waals surface area contributed by atoms with Gasteiger partial charge in [0.1, 0.15) is 0 Å². The summed E-state index contributed by atoms with van der Waals surface area (Å²) in [5.41, 5.74) is -2.57. The van der Waals surface area contributed by atoms with Gasteiger partial charge in [0.15, 0.2) is 34.7 Å². The highest BCUT2D eigenvalue weighted by Crippen LogP contribution is 2.19. The van der Waals surface area contributed by atoms with Gasteiger partial charge in [-0.25, -0.2) is 4.79 Å². The van der Waals surface area contributed by atoms with Crippen molar-refractivity contribution in [1.29, 1.82) is 0 Å². The highest BCUT2D eigenvalue weighted by atomic mass is 16.5. The fourth-order valence-corrected chi connectivity index (χ4v) is 4.70. The molecule has 0 rings (SSSR count). The van der Waals surface area contributed by atoms with Crippen LogP contribution in [-0.2, 0) is 57.5 Å². The van der Waals surface area contributed by atoms with Crippen molar-refractivity contribution < 1.29 is 62.6 Å². The third-order valence-electron chi connectivity index (χ3n) is 10.8. The Hall–Kier alpha value is -7.19. The molecule has 0 saturated carbocycles. The number of hydrogen-bond acceptors (Lipinski definition) is 14. The average Bonchev–Trinajstić information content (AvgIpc) is 1.00. The molecule has 0 aromatic heterocycles. The van der Waals surface area contributed by atoms with E-state index in [1.165, 1.54) is 37.3 Å². The fourth-order valence-electron chi connectivity index (χ4n) is 4.70. The van der Waals surface area contributed by atoms with Crippen molar-refractivity contribution in [3.8, 4) is 36.5 Å². The molecule has 0 aliphatic carbocycles. The molecule has 16 heteroatoms. The molecule has 0 radical (unpaired) electrons. The number of terminal acetylenes is 2. The number of hydrogen-bond donors (Lipinski definition) is 2. The van der Waals surface area contributed by atoms with Gasteiger partial charge in [0, 0.05) is 81.2 Å². The van der Waals surface area contributed by atoms with Crippen LogP contribution < -0.4 is 5.32 Å². The van der Waals surface area contributed by atoms with E-state index in [9.17, 15) is 52.7 Å². The minimum absolute atomic E-state index is 0.0179. The number of nitrogens with one attached hydrogen (secondary N) is 1. The number of esters is 1. The molecule has 0 aromatic rings. The predicted octanol–water partition coefficient (Wildman–Crippen LogP) is 15.3. The van der Waals surface area contributed by atoms with Gasteiger partial charge in [0.2, 0.25) is 17.5 Å². The number of Topliss-reactive ketones (excluding diaryl/α,β-unsaturated/α-hetero) is 2. The highest BCUT2D eigenvalue weighted by molar-refractivity contribution is 6.01. The first-order chi connectivity index (χ1) is 42.9. The summed E-state index contributed by atoms with van der Waals surface area (Å²) < 4.78 is 4.63. The van der Waals surface area contributed by atoms with Gasteiger partial charge in [-0.1, -0.05) is 197 Å². The number of amides is 2. The molecule has 0 bridgehead atoms. The van der Waals surface area contributed by atoms with Crippen molar-refractivity contribution in [2.45, 2.75) is 258 Å². The zero-order valence-electron chi connectivity index (χ0n) is 66.6. The third kappa shape index (κ3) is 77.5. The molecule has 0 fully saturated rings. The Kier molecular flexibility index (Phi) is 60.4. The number of carbonyl (C=O) groups is 11. The first-order valence-electron chi connectivity index (χ1n) is 32.6. The fraction of sp³-hybridized carbons (Fsp3) is 0.637. The molecular weight excluding hydrogens is 1210 g/mol. The zero-order valence-corrected chi connectivity index (χ0v) is 66.6. The van der Waals surface area contributed by atoms with E-state index in [2.05, 4.69) is 41.3 Å². The third-order valence-corrected chi connectivity index (χ3v) is 10.8. The lowest BCUT2D eigenvalue weighted by atomic mass is 9.90. The van der Waals surface area contributed by atoms with Gasteiger partial charge in [-0.3, -0.25) is 47.9 Å². The lowest BCUT2D eigenvalue weighted by Crippen LogP contribution is -2.45. The number of likely N-dealkylation sites (N-methyl/N-ethyl adjacent to an activating group) is 1. The molecule has 0 heterocycles. The van der Waals surface area contributed by atoms with Crippen LogP contribution in [0, 0.1) is 74.4 Å². The Bertz CT molecular complexity index is 2670. The van der Waals surface area contributed by atoms with Crippen LogP contribution in [0.15, 0.2) is 73.4 Å². The Morgan fingerprint density at radius 3 is 1.10 bits per heavy atom. The van der Waals surface area contributed by atoms with Crippen molar-refractivity contribution in [3.05, 3.63) is 73.4 Å². The second-order valence-electron chi connectivity index (χ2n) is 31.2. The van der Waals surface area contributed by atoms with Crippen LogP contribution in [0.3, 0.4) is 0 Å². The first-order valence-corrected chi connectivity index (χ1v) is 32.6. The Labute approximate surface area is 585 Å². The summed E-state index contributed by atoms with van der Waals surface area (Å²) in [6.45, 7) is 65.5. The molecule has 16 nitrogen and oxygen atoms in total. The first kappa shape index (κ1) is 108. The number of ketones is 8. The molecule has 0 spiro atoms. The van der Waals surface area contributed by atoms with Gasteiger partial charge >= 0.3 is 5.97 Å². The monoisotopic (exact) mass is 1350 g/mol. The quantitative estimate of drug-likeness (QED) is 0.0633. The van der Waals surface area contributed by atoms with Gasteiger partial charge in [-0.2, -0.15) is 0 Å². The van der Waals surface area contributed by atoms with E-state index in [0.717, 1.165) is 38.4 Å². The maximum absolute atomic E-state index is 11.4. The average molecular weight is 1350 g/mol. The van der Waals surface area contributed by atoms with Crippen molar-refractivity contribution in [3.63, 3.8) is 0 Å². The van der Waals surface area contributed by atoms with Gasteiger partial charge in [-0.15, -0.1) is 12.8 Å². The summed E-state index contributed by atoms with van der Waals surface area (Å²) in [7, 11) is 3.96. The van der Waals surface area contributed by atoms with E-state index in [1.807, 2.05) is 201 Å². The number of nitrogens with zero attached hydrogens (tertiary/aromatic N) is 2. The largest absolute Gasteiger partial charge is 0.463 e. The Balaban J connectivity index is -0.000000127. The van der Waals surface area contributed by atoms with Gasteiger partial charge in [0.05, 0.1) is 6.61 Å². The molecule has 0 aromatic carbocycles. The van der Waals surface area contributed by atoms with E-state index in [1.54, 1.807) is 66.7 Å². The minimum atomic E-state index is -0.472. The van der Waals surface area contributed by atoms with E-state index in [4.69, 9.17) is 18.0 Å². The Morgan fingerprint density at radius 1 is 0.500 bits per heavy atom. The SMILES string of the molecule is C#CC(=O)C(C)(C)C.C#CC(=O)NC(C)(C)C.C=CC(=O)N(CCC)C(C)(C)C.CC(=O)/C=C/C(=O)C(C)(C)C.CC(C)(C)C(=O)/C=C/CCO.CC/C=C/C(=O)C(C)(C)C.CCC#CC(=O)C(C)(C)C.CCOC(=O)/C=C/C(=O)C(C)(C)C.CN(C)C/C=C/C(=O)C(C)(C)C. The van der Waals surface area contributed by atoms with Crippen molar-refractivity contribution in [2.24, 2.45) is 37.9 Å². The normalized spacial score (nSPS) is 11.5. The zero-order chi connectivity index (χ0) is 78.7. The topological polar surface area (TPSA) is 236 Å². The number of aliphatic hydroxyl groups is 1. The smallest absolute Gasteiger partial charge is 0.330 e. The van der Waals surface area contributed by atoms with Crippen molar-refractivity contribution in [2.75, 3.05) is 40.4 Å². The number of allylic oxidation sites excluding steroid dienone is 7. The molecule has 2 amide bonds. The molecule has 0 saturated heterocycles. The lowest BCUT2D eigenvalue weighted by molar-refractivity contribution is -0.137. The van der Waals surface area contributed by atoms with Crippen LogP contribution in [0.25, 0.3) is 0 Å². The maximum Gasteiger partial charge on any atom is 0.330 e. The van der Waals surface area contributed by atoms with Crippen LogP contribution >= 0.6 is 0 Å². The van der Waals surface area contributed by atoms with Crippen LogP contribution in [0.1, 0.15) is 247 Å². The van der Waals surface area contributed by atoms with Crippen molar-refractivity contribution in [1.82, 2.24) is 15.1 Å². The van der Waals surface area contributed by atoms with Crippen LogP contribution in [0.5, 0.6) is 0 Å². The van der Waals surface area contributed by atoms with Gasteiger partial charge < -0.3 is 25.0 Å². The van der Waals surface area contributed by atoms with Crippen LogP contribution in [-0.4, -0.2) is 130 Å². The molecule has 2 N–H and O–H groups in total. The number of carbonyl (C=O) groups excluding carboxylic acids is 11. The molecule has 0 atom stereocenters. The summed E-state index contributed by atoms with van der Waals surface area (Å²) in [5.74, 6) is 8.74. The van der Waals surface area contributed by atoms with E-state index in [-0.39, 0.29) is 108 Å². The van der Waals surface area contributed by atoms with Crippen molar-refractivity contribution >= 4 is 64.0 Å². The van der Waals surface area contributed by atoms with E-state index < -0.39 is 11.4 Å². The summed E-state index contributed by atoms with van der Waals surface area (Å²) in [6, 6.07) is 0. The minimum Gasteiger partial charge on any atom is -0.463 e. The van der Waals surface area contributed by atoms with Gasteiger partial charge in [-0.05, 0) is 149 Å². The summed E-state index contributed by atoms with van der Waals surface area (Å²) >= 11 is 0. The maximum atomic E-state index is 11.4. The standard InChI is InChI=1S/2C10H19NO.C10H16O3.C9H14O2.C9H16O2.C9H16O.C9H14O.C7H11NO.C7H10O/c1-10(2,3)9(12)7-6-8-11(4)5;1-6-8-11(9(12)7-2)10(3,4)5;1-5-13-9(12)7-6-8(11)10(2,3)4;1-7(10)5-6-8(11)9(2,3)4;1-9(2,3)8(11)6-4-5-7-10;2*1-5-6-7-8(10)9(2,3)4;1-5-6(9)8-7(2,3)4;1-5-6(8)7(2,3)4/h6-7H,8H2,1-5H3;7H,2,6,8H2,1,3-5H3;6-7H,5H2,1-4H3;5-6H,1-4H3;4,6,10H,5,7H2,1-3H3;6-7H,5H2,1-4H3;5H2,1-4H3;1H,2-4H3,(H,8,9);1H,2-4H3/b7-6+;;7-6+;6-5+;6-4+;7-6+;;;. The molecule has 96 heavy (non-hydrogen) atoms. The highest BCUT2D eigenvalue weighted by Gasteiger charge is 2.25. The summed E-state index contributed by atoms with van der Waals surface area (Å²) in [5, 5.41) is 11.0. The molecule has 0 aliphatic rings. The number of rotatable bonds is 16. The predicted molar refractivity (Wildman–Crippen MR) is 400 cm³/mol. The Morgan fingerprint density at radius 2 is 0.865 bits per heavy atom. The molecular formula is C80H135N3O13. The number of aliphatic hydroxyl groups excluding tert-OH is 1. The molecule has 0 unspecified atom stereocenters. The number of ether oxygens (including phenoxy) is 1. The second kappa shape index (κ2) is 53.9. The van der Waals surface area contributed by atoms with E-state index >= 15 is 0 Å². The second-order valence-corrected chi connectivity index (χ2v) is 31.2. The van der Waals surface area contributed by atoms with E-state index in [0.29, 0.717) is 13.0 Å². The summed E-state index contributed by atoms with van der Waals surface area (Å²) in [4.78, 5) is 125. The molecule has 0 aliphatic heterocycles. The summed E-state index contributed by atoms with van der Waals surface area (Å²) in [6.07, 6.45) is 29.7. The lowest BCUT2D eigenvalue weighted by Gasteiger charge is -2.34. The van der Waals surface area contributed by atoms with Gasteiger partial charge in [0.25, 0.3) is 5.91 Å². The van der Waals surface area contributed by atoms with Crippen LogP contribution in [0.2, 0.25) is 0 Å².